The standard InChI is InChI=1S/C41H38O4S6/c1-22-5-11-32(46-22)36-16-28(40(50-36)34-13-7-24(3)48-34)18-38(42)44-20-30-26-9-10-27(15-26)31(30)21-45-39(43)19-29-17-37(33-12-6-23(2)47-33)51-41(29)35-14-8-25(4)49-35/h5-14,16-17,26-27,30-31H,15,18-21H2,1-4H3. The third-order valence-corrected chi connectivity index (χ3v) is 17.0. The van der Waals surface area contributed by atoms with Crippen molar-refractivity contribution in [1.82, 2.24) is 0 Å². The first-order chi connectivity index (χ1) is 24.7. The van der Waals surface area contributed by atoms with Crippen molar-refractivity contribution in [2.45, 2.75) is 47.0 Å². The summed E-state index contributed by atoms with van der Waals surface area (Å²) in [6.07, 6.45) is 6.03. The van der Waals surface area contributed by atoms with Crippen LogP contribution in [-0.4, -0.2) is 25.2 Å². The van der Waals surface area contributed by atoms with Gasteiger partial charge in [0.15, 0.2) is 0 Å². The average Bonchev–Trinajstić information content (AvgIpc) is 3.94. The van der Waals surface area contributed by atoms with Crippen LogP contribution in [0.4, 0.5) is 0 Å². The van der Waals surface area contributed by atoms with Gasteiger partial charge in [-0.05, 0) is 118 Å². The Morgan fingerprint density at radius 1 is 0.529 bits per heavy atom. The third-order valence-electron chi connectivity index (χ3n) is 9.86. The molecule has 6 aromatic heterocycles. The highest BCUT2D eigenvalue weighted by atomic mass is 32.1. The number of carbonyl (C=O) groups excluding carboxylic acids is 2. The normalized spacial score (nSPS) is 19.3. The number of hydrogen-bond donors (Lipinski definition) is 0. The Kier molecular flexibility index (Phi) is 10.1. The Hall–Kier alpha value is -3.12. The van der Waals surface area contributed by atoms with E-state index in [4.69, 9.17) is 9.47 Å². The largest absolute Gasteiger partial charge is 0.465 e. The fraction of sp³-hybridized carbons (Fsp3) is 0.317. The molecule has 0 saturated heterocycles. The van der Waals surface area contributed by atoms with Crippen LogP contribution >= 0.6 is 68.0 Å². The van der Waals surface area contributed by atoms with Gasteiger partial charge in [0.1, 0.15) is 0 Å². The molecule has 1 saturated carbocycles. The van der Waals surface area contributed by atoms with Crippen LogP contribution in [0.25, 0.3) is 39.0 Å². The molecule has 0 amide bonds. The van der Waals surface area contributed by atoms with E-state index < -0.39 is 0 Å². The van der Waals surface area contributed by atoms with Crippen molar-refractivity contribution in [1.29, 1.82) is 0 Å². The minimum atomic E-state index is -0.204. The van der Waals surface area contributed by atoms with Crippen LogP contribution in [0.2, 0.25) is 0 Å². The van der Waals surface area contributed by atoms with E-state index in [-0.39, 0.29) is 36.6 Å². The molecule has 51 heavy (non-hydrogen) atoms. The smallest absolute Gasteiger partial charge is 0.310 e. The first kappa shape index (κ1) is 34.9. The molecule has 4 nitrogen and oxygen atoms in total. The van der Waals surface area contributed by atoms with Crippen molar-refractivity contribution in [3.63, 3.8) is 0 Å². The fourth-order valence-corrected chi connectivity index (χ4v) is 13.6. The summed E-state index contributed by atoms with van der Waals surface area (Å²) in [6, 6.07) is 21.6. The zero-order chi connectivity index (χ0) is 35.2. The molecule has 2 bridgehead atoms. The summed E-state index contributed by atoms with van der Waals surface area (Å²) in [6.45, 7) is 9.17. The molecule has 6 heterocycles. The van der Waals surface area contributed by atoms with E-state index in [0.717, 1.165) is 27.3 Å². The number of ether oxygens (including phenoxy) is 2. The summed E-state index contributed by atoms with van der Waals surface area (Å²) in [5.41, 5.74) is 2.04. The zero-order valence-corrected chi connectivity index (χ0v) is 33.8. The van der Waals surface area contributed by atoms with Crippen LogP contribution in [0.3, 0.4) is 0 Å². The fourth-order valence-electron chi connectivity index (χ4n) is 7.34. The van der Waals surface area contributed by atoms with Crippen LogP contribution in [0.5, 0.6) is 0 Å². The van der Waals surface area contributed by atoms with E-state index >= 15 is 0 Å². The second-order valence-electron chi connectivity index (χ2n) is 13.6. The molecule has 0 radical (unpaired) electrons. The van der Waals surface area contributed by atoms with Gasteiger partial charge in [-0.1, -0.05) is 12.2 Å². The lowest BCUT2D eigenvalue weighted by Gasteiger charge is -2.27. The van der Waals surface area contributed by atoms with E-state index in [0.29, 0.717) is 25.0 Å². The predicted octanol–water partition coefficient (Wildman–Crippen LogP) is 12.3. The predicted molar refractivity (Wildman–Crippen MR) is 218 cm³/mol. The van der Waals surface area contributed by atoms with E-state index in [2.05, 4.69) is 101 Å². The second kappa shape index (κ2) is 14.7. The van der Waals surface area contributed by atoms with Gasteiger partial charge in [0.2, 0.25) is 0 Å². The number of hydrogen-bond acceptors (Lipinski definition) is 10. The molecule has 0 aromatic carbocycles. The zero-order valence-electron chi connectivity index (χ0n) is 28.9. The van der Waals surface area contributed by atoms with Crippen molar-refractivity contribution in [3.8, 4) is 39.0 Å². The van der Waals surface area contributed by atoms with Gasteiger partial charge in [-0.25, -0.2) is 0 Å². The van der Waals surface area contributed by atoms with E-state index in [1.807, 2.05) is 0 Å². The third kappa shape index (κ3) is 7.54. The van der Waals surface area contributed by atoms with Crippen molar-refractivity contribution >= 4 is 80.0 Å². The minimum absolute atomic E-state index is 0.141. The highest BCUT2D eigenvalue weighted by molar-refractivity contribution is 7.27. The van der Waals surface area contributed by atoms with E-state index in [1.165, 1.54) is 48.8 Å². The highest BCUT2D eigenvalue weighted by Crippen LogP contribution is 2.49. The lowest BCUT2D eigenvalue weighted by Crippen LogP contribution is -2.30. The lowest BCUT2D eigenvalue weighted by molar-refractivity contribution is -0.149. The molecule has 4 atom stereocenters. The molecular weight excluding hydrogens is 749 g/mol. The van der Waals surface area contributed by atoms with Crippen molar-refractivity contribution in [2.75, 3.05) is 13.2 Å². The Morgan fingerprint density at radius 2 is 0.902 bits per heavy atom. The Bertz CT molecular complexity index is 2080. The van der Waals surface area contributed by atoms with Gasteiger partial charge in [-0.3, -0.25) is 9.59 Å². The second-order valence-corrected chi connectivity index (χ2v) is 20.8. The van der Waals surface area contributed by atoms with Gasteiger partial charge >= 0.3 is 11.9 Å². The Balaban J connectivity index is 0.923. The van der Waals surface area contributed by atoms with Crippen LogP contribution in [-0.2, 0) is 31.9 Å². The molecule has 10 heteroatoms. The molecule has 6 aromatic rings. The van der Waals surface area contributed by atoms with Crippen molar-refractivity contribution in [3.05, 3.63) is 103 Å². The number of fused-ring (bicyclic) bond motifs is 2. The lowest BCUT2D eigenvalue weighted by atomic mass is 9.84. The SMILES string of the molecule is Cc1ccc(-c2cc(CC(=O)OCC3C4C=CC(C4)C3COC(=O)Cc3cc(-c4ccc(C)s4)sc3-c3ccc(C)s3)c(-c3ccc(C)s3)s2)s1. The van der Waals surface area contributed by atoms with Crippen molar-refractivity contribution < 1.29 is 19.1 Å². The number of allylic oxidation sites excluding steroid dienone is 2. The first-order valence-electron chi connectivity index (χ1n) is 17.2. The number of carbonyl (C=O) groups is 2. The summed E-state index contributed by atoms with van der Waals surface area (Å²) in [5, 5.41) is 0. The van der Waals surface area contributed by atoms with Crippen LogP contribution in [0, 0.1) is 51.4 Å². The molecule has 1 fully saturated rings. The number of rotatable bonds is 12. The van der Waals surface area contributed by atoms with E-state index in [1.54, 1.807) is 68.0 Å². The maximum Gasteiger partial charge on any atom is 0.310 e. The van der Waals surface area contributed by atoms with Crippen molar-refractivity contribution in [2.24, 2.45) is 23.7 Å². The molecule has 8 rings (SSSR count). The molecule has 4 unspecified atom stereocenters. The maximum absolute atomic E-state index is 13.4. The quantitative estimate of drug-likeness (QED) is 0.0916. The van der Waals surface area contributed by atoms with Crippen LogP contribution < -0.4 is 0 Å². The summed E-state index contributed by atoms with van der Waals surface area (Å²) in [5.74, 6) is 0.556. The molecule has 262 valence electrons. The summed E-state index contributed by atoms with van der Waals surface area (Å²) < 4.78 is 12.1. The van der Waals surface area contributed by atoms with E-state index in [9.17, 15) is 9.59 Å². The number of esters is 2. The van der Waals surface area contributed by atoms with Gasteiger partial charge < -0.3 is 9.47 Å². The highest BCUT2D eigenvalue weighted by Gasteiger charge is 2.45. The topological polar surface area (TPSA) is 52.6 Å². The molecule has 0 spiro atoms. The molecule has 0 N–H and O–H groups in total. The average molecular weight is 787 g/mol. The Labute approximate surface area is 323 Å². The minimum Gasteiger partial charge on any atom is -0.465 e. The summed E-state index contributed by atoms with van der Waals surface area (Å²) in [7, 11) is 0. The van der Waals surface area contributed by atoms with Gasteiger partial charge in [-0.15, -0.1) is 68.0 Å². The van der Waals surface area contributed by atoms with Gasteiger partial charge in [0, 0.05) is 70.4 Å². The summed E-state index contributed by atoms with van der Waals surface area (Å²) in [4.78, 5) is 41.4. The van der Waals surface area contributed by atoms with Crippen LogP contribution in [0.15, 0.2) is 72.8 Å². The molecule has 2 aliphatic rings. The van der Waals surface area contributed by atoms with Gasteiger partial charge in [0.25, 0.3) is 0 Å². The van der Waals surface area contributed by atoms with Gasteiger partial charge in [0.05, 0.1) is 26.1 Å². The van der Waals surface area contributed by atoms with Crippen LogP contribution in [0.1, 0.15) is 37.1 Å². The first-order valence-corrected chi connectivity index (χ1v) is 22.1. The summed E-state index contributed by atoms with van der Waals surface area (Å²) >= 11 is 10.6. The maximum atomic E-state index is 13.4. The number of aryl methyl sites for hydroxylation is 4. The molecule has 2 aliphatic carbocycles. The molecule has 0 aliphatic heterocycles. The Morgan fingerprint density at radius 3 is 1.25 bits per heavy atom. The monoisotopic (exact) mass is 786 g/mol. The molecular formula is C41H38O4S6. The number of thiophene rings is 6. The van der Waals surface area contributed by atoms with Gasteiger partial charge in [-0.2, -0.15) is 0 Å².